The lowest BCUT2D eigenvalue weighted by molar-refractivity contribution is -0.122. The van der Waals surface area contributed by atoms with Crippen LogP contribution in [0.4, 0.5) is 22.7 Å². The third-order valence-electron chi connectivity index (χ3n) is 21.5. The zero-order valence-corrected chi connectivity index (χ0v) is 60.5. The quantitative estimate of drug-likeness (QED) is 0.0261. The molecule has 2 aromatic heterocycles. The van der Waals surface area contributed by atoms with Crippen LogP contribution in [-0.4, -0.2) is 136 Å². The van der Waals surface area contributed by atoms with Crippen LogP contribution in [0.15, 0.2) is 147 Å². The minimum absolute atomic E-state index is 0.0667. The van der Waals surface area contributed by atoms with E-state index in [9.17, 15) is 33.9 Å². The molecule has 4 saturated heterocycles. The van der Waals surface area contributed by atoms with E-state index in [0.717, 1.165) is 187 Å². The molecule has 14 rings (SSSR count). The fourth-order valence-corrected chi connectivity index (χ4v) is 16.2. The van der Waals surface area contributed by atoms with E-state index in [2.05, 4.69) is 74.6 Å². The Labute approximate surface area is 614 Å². The van der Waals surface area contributed by atoms with Crippen LogP contribution < -0.4 is 39.7 Å². The van der Waals surface area contributed by atoms with Crippen molar-refractivity contribution in [2.24, 2.45) is 0 Å². The van der Waals surface area contributed by atoms with Crippen LogP contribution in [0.1, 0.15) is 158 Å². The number of amides is 4. The van der Waals surface area contributed by atoms with E-state index < -0.39 is 11.9 Å². The summed E-state index contributed by atoms with van der Waals surface area (Å²) in [6.45, 7) is 16.7. The van der Waals surface area contributed by atoms with E-state index in [1.165, 1.54) is 31.1 Å². The summed E-state index contributed by atoms with van der Waals surface area (Å²) in [5, 5.41) is 18.0. The van der Waals surface area contributed by atoms with E-state index in [-0.39, 0.29) is 42.3 Å². The van der Waals surface area contributed by atoms with Crippen LogP contribution in [0.5, 0.6) is 11.5 Å². The van der Waals surface area contributed by atoms with Gasteiger partial charge in [0.2, 0.25) is 23.6 Å². The molecule has 4 amide bonds. The van der Waals surface area contributed by atoms with E-state index in [1.54, 1.807) is 24.3 Å². The first-order chi connectivity index (χ1) is 51.4. The SMILES string of the molecule is C=CCCNC(=O)Cn1c(-c2ccc(OCc3cc(N4CCCC4=O)ccc3N3CCOCC3)cc2)c(C2CCCCC2)c2ccc(C(=O)O)cc21.C=CCCNC(=O)Cn1c(-c2ccc(OCc3cc(N4CCCC4=O)ccc3N3CCOCC3)cc2)c(C2CCCCC2)c2ccc(C(=O)OC)cc21. The summed E-state index contributed by atoms with van der Waals surface area (Å²) in [7, 11) is 1.38. The summed E-state index contributed by atoms with van der Waals surface area (Å²) in [6, 6.07) is 39.7. The highest BCUT2D eigenvalue weighted by Crippen LogP contribution is 2.47. The van der Waals surface area contributed by atoms with Crippen molar-refractivity contribution in [2.45, 2.75) is 141 Å². The highest BCUT2D eigenvalue weighted by atomic mass is 16.5. The summed E-state index contributed by atoms with van der Waals surface area (Å²) < 4.78 is 33.3. The molecule has 6 aliphatic rings. The molecule has 0 spiro atoms. The fourth-order valence-electron chi connectivity index (χ4n) is 16.2. The third-order valence-corrected chi connectivity index (χ3v) is 21.5. The van der Waals surface area contributed by atoms with Crippen LogP contribution >= 0.6 is 0 Å². The number of aromatic carboxylic acids is 1. The summed E-state index contributed by atoms with van der Waals surface area (Å²) >= 11 is 0. The summed E-state index contributed by atoms with van der Waals surface area (Å²) in [5.74, 6) is 0.733. The zero-order chi connectivity index (χ0) is 72.8. The number of nitrogens with one attached hydrogen (secondary N) is 2. The van der Waals surface area contributed by atoms with Crippen LogP contribution in [0.2, 0.25) is 0 Å². The fraction of sp³-hybridized carbons (Fsp3) is 0.412. The van der Waals surface area contributed by atoms with E-state index >= 15 is 0 Å². The molecule has 0 unspecified atom stereocenters. The van der Waals surface area contributed by atoms with Gasteiger partial charge in [0, 0.05) is 110 Å². The third kappa shape index (κ3) is 17.0. The van der Waals surface area contributed by atoms with Gasteiger partial charge < -0.3 is 68.2 Å². The van der Waals surface area contributed by atoms with Gasteiger partial charge in [-0.15, -0.1) is 13.2 Å². The predicted octanol–water partition coefficient (Wildman–Crippen LogP) is 14.7. The number of hydrogen-bond acceptors (Lipinski definition) is 13. The molecular weight excluding hydrogens is 1320 g/mol. The number of ether oxygens (including phenoxy) is 5. The number of carboxylic acid groups (broad SMARTS) is 1. The Morgan fingerprint density at radius 1 is 0.514 bits per heavy atom. The summed E-state index contributed by atoms with van der Waals surface area (Å²) in [4.78, 5) is 85.1. The summed E-state index contributed by atoms with van der Waals surface area (Å²) in [5.41, 5.74) is 14.6. The van der Waals surface area contributed by atoms with Crippen LogP contribution in [-0.2, 0) is 59.7 Å². The molecule has 6 heterocycles. The number of morpholine rings is 2. The van der Waals surface area contributed by atoms with Crippen molar-refractivity contribution in [2.75, 3.05) is 105 Å². The minimum Gasteiger partial charge on any atom is -0.489 e. The standard InChI is InChI=1S/C43H50N4O6.C42H48N4O6/c1-3-4-20-44-39(48)28-47-38-27-32(43(50)51-2)14-18-36(38)41(30-9-6-5-7-10-30)42(47)31-12-16-35(17-13-31)53-29-33-26-34(46-21-8-11-40(46)49)15-19-37(33)45-22-24-52-25-23-45;1-2-3-19-43-38(47)27-46-37-26-31(42(49)50)13-17-35(37)40(29-8-5-4-6-9-29)41(46)30-11-15-34(16-12-30)52-28-32-25-33(45-20-7-10-39(45)48)14-18-36(32)44-21-23-51-24-22-44/h3,12-19,26-27,30H,1,4-11,20-25,28-29H2,2H3,(H,44,48);2,11-18,25-26,29H,1,3-10,19-24,27-28H2,(H,43,47)(H,49,50). The molecular formula is C85H98N8O12. The van der Waals surface area contributed by atoms with Crippen molar-refractivity contribution in [3.63, 3.8) is 0 Å². The van der Waals surface area contributed by atoms with E-state index in [0.29, 0.717) is 102 Å². The van der Waals surface area contributed by atoms with Gasteiger partial charge in [-0.1, -0.05) is 62.8 Å². The van der Waals surface area contributed by atoms with Gasteiger partial charge in [-0.25, -0.2) is 9.59 Å². The number of carboxylic acids is 1. The van der Waals surface area contributed by atoms with Crippen molar-refractivity contribution < 1.29 is 57.6 Å². The lowest BCUT2D eigenvalue weighted by Gasteiger charge is -2.31. The van der Waals surface area contributed by atoms with Crippen LogP contribution in [0.25, 0.3) is 44.3 Å². The van der Waals surface area contributed by atoms with E-state index in [1.807, 2.05) is 87.2 Å². The molecule has 20 nitrogen and oxygen atoms in total. The molecule has 2 saturated carbocycles. The van der Waals surface area contributed by atoms with Crippen molar-refractivity contribution in [1.82, 2.24) is 19.8 Å². The first-order valence-corrected chi connectivity index (χ1v) is 37.7. The predicted molar refractivity (Wildman–Crippen MR) is 411 cm³/mol. The molecule has 6 fully saturated rings. The number of fused-ring (bicyclic) bond motifs is 2. The van der Waals surface area contributed by atoms with Gasteiger partial charge in [0.15, 0.2) is 0 Å². The Morgan fingerprint density at radius 2 is 0.933 bits per heavy atom. The number of methoxy groups -OCH3 is 1. The van der Waals surface area contributed by atoms with Gasteiger partial charge in [-0.3, -0.25) is 19.2 Å². The maximum Gasteiger partial charge on any atom is 0.337 e. The first kappa shape index (κ1) is 73.1. The van der Waals surface area contributed by atoms with Crippen molar-refractivity contribution in [3.05, 3.63) is 180 Å². The number of hydrogen-bond donors (Lipinski definition) is 3. The number of benzene rings is 6. The van der Waals surface area contributed by atoms with Crippen LogP contribution in [0.3, 0.4) is 0 Å². The van der Waals surface area contributed by atoms with Gasteiger partial charge >= 0.3 is 11.9 Å². The van der Waals surface area contributed by atoms with Gasteiger partial charge in [0.25, 0.3) is 0 Å². The van der Waals surface area contributed by atoms with Crippen molar-refractivity contribution >= 4 is 80.1 Å². The van der Waals surface area contributed by atoms with Gasteiger partial charge in [-0.05, 0) is 195 Å². The number of aromatic nitrogens is 2. The topological polar surface area (TPSA) is 216 Å². The highest BCUT2D eigenvalue weighted by Gasteiger charge is 2.32. The Balaban J connectivity index is 0.000000186. The molecule has 3 N–H and O–H groups in total. The second-order valence-corrected chi connectivity index (χ2v) is 28.2. The number of esters is 1. The Morgan fingerprint density at radius 3 is 1.32 bits per heavy atom. The molecule has 0 bridgehead atoms. The van der Waals surface area contributed by atoms with Gasteiger partial charge in [0.05, 0.1) is 67.1 Å². The Kier molecular flexibility index (Phi) is 24.1. The molecule has 8 aromatic rings. The first-order valence-electron chi connectivity index (χ1n) is 37.7. The van der Waals surface area contributed by atoms with Gasteiger partial charge in [-0.2, -0.15) is 0 Å². The monoisotopic (exact) mass is 1420 g/mol. The Hall–Kier alpha value is -10.2. The number of rotatable bonds is 26. The number of nitrogens with zero attached hydrogens (tertiary/aromatic N) is 6. The molecule has 2 aliphatic carbocycles. The average molecular weight is 1420 g/mol. The number of carbonyl (C=O) groups is 6. The average Bonchev–Trinajstić information content (AvgIpc) is 1.59. The van der Waals surface area contributed by atoms with E-state index in [4.69, 9.17) is 23.7 Å². The molecule has 6 aromatic carbocycles. The molecule has 20 heteroatoms. The molecule has 4 aliphatic heterocycles. The highest BCUT2D eigenvalue weighted by molar-refractivity contribution is 6.01. The number of anilines is 4. The second kappa shape index (κ2) is 34.6. The second-order valence-electron chi connectivity index (χ2n) is 28.2. The largest absolute Gasteiger partial charge is 0.489 e. The van der Waals surface area contributed by atoms with Crippen LogP contribution in [0, 0.1) is 0 Å². The van der Waals surface area contributed by atoms with Gasteiger partial charge in [0.1, 0.15) is 37.8 Å². The lowest BCUT2D eigenvalue weighted by Crippen LogP contribution is -2.37. The minimum atomic E-state index is -0.998. The summed E-state index contributed by atoms with van der Waals surface area (Å²) in [6.07, 6.45) is 19.1. The van der Waals surface area contributed by atoms with Crippen molar-refractivity contribution in [1.29, 1.82) is 0 Å². The lowest BCUT2D eigenvalue weighted by atomic mass is 9.81. The maximum absolute atomic E-state index is 13.4. The molecule has 105 heavy (non-hydrogen) atoms. The molecule has 550 valence electrons. The molecule has 0 radical (unpaired) electrons. The van der Waals surface area contributed by atoms with Crippen molar-refractivity contribution in [3.8, 4) is 34.0 Å². The molecule has 0 atom stereocenters. The number of carbonyl (C=O) groups excluding carboxylic acids is 5. The zero-order valence-electron chi connectivity index (χ0n) is 60.5. The normalized spacial score (nSPS) is 16.7. The Bertz CT molecular complexity index is 4460. The smallest absolute Gasteiger partial charge is 0.337 e. The maximum atomic E-state index is 13.4.